The monoisotopic (exact) mass is 334 g/mol. The second-order valence-corrected chi connectivity index (χ2v) is 6.53. The third kappa shape index (κ3) is 3.05. The molecule has 0 aliphatic carbocycles. The Balaban J connectivity index is 1.82. The largest absolute Gasteiger partial charge is 0.490 e. The van der Waals surface area contributed by atoms with Gasteiger partial charge in [0.25, 0.3) is 0 Å². The van der Waals surface area contributed by atoms with Gasteiger partial charge in [-0.05, 0) is 37.1 Å². The van der Waals surface area contributed by atoms with Crippen LogP contribution in [0.15, 0.2) is 54.9 Å². The van der Waals surface area contributed by atoms with E-state index >= 15 is 0 Å². The summed E-state index contributed by atoms with van der Waals surface area (Å²) in [5, 5.41) is 9.22. The van der Waals surface area contributed by atoms with Crippen molar-refractivity contribution in [1.82, 2.24) is 9.55 Å². The molecule has 1 unspecified atom stereocenters. The highest BCUT2D eigenvalue weighted by Gasteiger charge is 2.21. The van der Waals surface area contributed by atoms with Gasteiger partial charge in [-0.3, -0.25) is 0 Å². The Kier molecular flexibility index (Phi) is 4.28. The first-order chi connectivity index (χ1) is 12.3. The van der Waals surface area contributed by atoms with Crippen molar-refractivity contribution in [2.45, 2.75) is 32.4 Å². The lowest BCUT2D eigenvalue weighted by molar-refractivity contribution is 0.254. The molecule has 128 valence electrons. The molecule has 1 aliphatic heterocycles. The number of aliphatic hydroxyl groups excluding tert-OH is 1. The topological polar surface area (TPSA) is 47.3 Å². The maximum absolute atomic E-state index is 9.22. The summed E-state index contributed by atoms with van der Waals surface area (Å²) in [7, 11) is 0. The standard InChI is InChI=1S/C21H22N2O2/c1-15-12-18-13-17(8-9-19(18)25-15)21-20(16-6-3-2-4-7-16)22-14-23(21)10-5-11-24/h2-4,6-9,13-15,24H,5,10-12H2,1H3. The molecule has 25 heavy (non-hydrogen) atoms. The molecule has 2 heterocycles. The highest BCUT2D eigenvalue weighted by atomic mass is 16.5. The lowest BCUT2D eigenvalue weighted by Gasteiger charge is -2.11. The molecule has 4 heteroatoms. The van der Waals surface area contributed by atoms with Crippen LogP contribution in [-0.4, -0.2) is 27.4 Å². The van der Waals surface area contributed by atoms with E-state index in [1.165, 1.54) is 5.56 Å². The number of nitrogens with zero attached hydrogens (tertiary/aromatic N) is 2. The molecule has 3 aromatic rings. The molecular weight excluding hydrogens is 312 g/mol. The molecule has 1 aliphatic rings. The molecule has 0 saturated carbocycles. The molecule has 4 nitrogen and oxygen atoms in total. The van der Waals surface area contributed by atoms with E-state index in [0.29, 0.717) is 6.42 Å². The van der Waals surface area contributed by atoms with Gasteiger partial charge >= 0.3 is 0 Å². The number of fused-ring (bicyclic) bond motifs is 1. The maximum atomic E-state index is 9.22. The van der Waals surface area contributed by atoms with Gasteiger partial charge in [-0.15, -0.1) is 0 Å². The fourth-order valence-electron chi connectivity index (χ4n) is 3.47. The van der Waals surface area contributed by atoms with Gasteiger partial charge in [-0.2, -0.15) is 0 Å². The lowest BCUT2D eigenvalue weighted by Crippen LogP contribution is -2.05. The molecule has 0 amide bonds. The summed E-state index contributed by atoms with van der Waals surface area (Å²) < 4.78 is 7.97. The Morgan fingerprint density at radius 1 is 1.16 bits per heavy atom. The van der Waals surface area contributed by atoms with Crippen LogP contribution in [0.1, 0.15) is 18.9 Å². The van der Waals surface area contributed by atoms with Crippen LogP contribution in [0.3, 0.4) is 0 Å². The van der Waals surface area contributed by atoms with E-state index in [1.54, 1.807) is 0 Å². The van der Waals surface area contributed by atoms with Crippen molar-refractivity contribution in [3.63, 3.8) is 0 Å². The van der Waals surface area contributed by atoms with Crippen molar-refractivity contribution in [1.29, 1.82) is 0 Å². The summed E-state index contributed by atoms with van der Waals surface area (Å²) in [6.45, 7) is 3.02. The molecule has 1 atom stereocenters. The lowest BCUT2D eigenvalue weighted by atomic mass is 10.0. The van der Waals surface area contributed by atoms with Crippen molar-refractivity contribution >= 4 is 0 Å². The van der Waals surface area contributed by atoms with Crippen LogP contribution >= 0.6 is 0 Å². The zero-order valence-corrected chi connectivity index (χ0v) is 14.4. The van der Waals surface area contributed by atoms with E-state index in [0.717, 1.165) is 41.2 Å². The van der Waals surface area contributed by atoms with Gasteiger partial charge in [0.15, 0.2) is 0 Å². The number of imidazole rings is 1. The average molecular weight is 334 g/mol. The van der Waals surface area contributed by atoms with Crippen LogP contribution in [0.2, 0.25) is 0 Å². The molecule has 2 aromatic carbocycles. The van der Waals surface area contributed by atoms with Gasteiger partial charge in [0.1, 0.15) is 11.9 Å². The zero-order valence-electron chi connectivity index (χ0n) is 14.4. The molecule has 0 bridgehead atoms. The molecule has 0 fully saturated rings. The summed E-state index contributed by atoms with van der Waals surface area (Å²) in [4.78, 5) is 4.67. The third-order valence-corrected chi connectivity index (χ3v) is 4.61. The second-order valence-electron chi connectivity index (χ2n) is 6.53. The quantitative estimate of drug-likeness (QED) is 0.769. The predicted molar refractivity (Wildman–Crippen MR) is 98.6 cm³/mol. The number of benzene rings is 2. The highest BCUT2D eigenvalue weighted by molar-refractivity contribution is 5.79. The van der Waals surface area contributed by atoms with E-state index in [-0.39, 0.29) is 12.7 Å². The van der Waals surface area contributed by atoms with Gasteiger partial charge in [0.2, 0.25) is 0 Å². The van der Waals surface area contributed by atoms with Gasteiger partial charge in [0.05, 0.1) is 17.7 Å². The van der Waals surface area contributed by atoms with Crippen molar-refractivity contribution in [3.05, 3.63) is 60.4 Å². The maximum Gasteiger partial charge on any atom is 0.123 e. The Labute approximate surface area is 147 Å². The van der Waals surface area contributed by atoms with E-state index in [4.69, 9.17) is 4.74 Å². The molecule has 1 N–H and O–H groups in total. The summed E-state index contributed by atoms with van der Waals surface area (Å²) in [5.74, 6) is 0.985. The molecule has 1 aromatic heterocycles. The Morgan fingerprint density at radius 2 is 2.00 bits per heavy atom. The van der Waals surface area contributed by atoms with Crippen LogP contribution in [-0.2, 0) is 13.0 Å². The molecule has 0 radical (unpaired) electrons. The number of hydrogen-bond donors (Lipinski definition) is 1. The van der Waals surface area contributed by atoms with E-state index in [1.807, 2.05) is 24.5 Å². The number of rotatable bonds is 5. The van der Waals surface area contributed by atoms with Crippen molar-refractivity contribution in [2.24, 2.45) is 0 Å². The third-order valence-electron chi connectivity index (χ3n) is 4.61. The minimum absolute atomic E-state index is 0.174. The number of aryl methyl sites for hydroxylation is 1. The van der Waals surface area contributed by atoms with Gasteiger partial charge in [-0.1, -0.05) is 30.3 Å². The van der Waals surface area contributed by atoms with Crippen LogP contribution in [0.25, 0.3) is 22.5 Å². The fourth-order valence-corrected chi connectivity index (χ4v) is 3.47. The summed E-state index contributed by atoms with van der Waals surface area (Å²) in [5.41, 5.74) is 5.57. The normalized spacial score (nSPS) is 15.8. The minimum Gasteiger partial charge on any atom is -0.490 e. The van der Waals surface area contributed by atoms with Crippen molar-refractivity contribution < 1.29 is 9.84 Å². The molecular formula is C21H22N2O2. The van der Waals surface area contributed by atoms with Gasteiger partial charge in [0, 0.05) is 30.7 Å². The summed E-state index contributed by atoms with van der Waals surface area (Å²) in [6, 6.07) is 16.6. The summed E-state index contributed by atoms with van der Waals surface area (Å²) >= 11 is 0. The highest BCUT2D eigenvalue weighted by Crippen LogP contribution is 2.36. The van der Waals surface area contributed by atoms with Gasteiger partial charge in [-0.25, -0.2) is 4.98 Å². The van der Waals surface area contributed by atoms with E-state index in [9.17, 15) is 5.11 Å². The van der Waals surface area contributed by atoms with Crippen molar-refractivity contribution in [3.8, 4) is 28.3 Å². The number of hydrogen-bond acceptors (Lipinski definition) is 3. The molecule has 0 spiro atoms. The number of aromatic nitrogens is 2. The first kappa shape index (κ1) is 15.9. The molecule has 4 rings (SSSR count). The van der Waals surface area contributed by atoms with Crippen LogP contribution in [0.4, 0.5) is 0 Å². The Bertz CT molecular complexity index is 871. The van der Waals surface area contributed by atoms with E-state index < -0.39 is 0 Å². The van der Waals surface area contributed by atoms with Crippen LogP contribution in [0, 0.1) is 0 Å². The van der Waals surface area contributed by atoms with Crippen LogP contribution < -0.4 is 4.74 Å². The average Bonchev–Trinajstić information content (AvgIpc) is 3.22. The Morgan fingerprint density at radius 3 is 2.80 bits per heavy atom. The van der Waals surface area contributed by atoms with Gasteiger partial charge < -0.3 is 14.4 Å². The minimum atomic E-state index is 0.174. The fraction of sp³-hybridized carbons (Fsp3) is 0.286. The molecule has 0 saturated heterocycles. The first-order valence-corrected chi connectivity index (χ1v) is 8.77. The first-order valence-electron chi connectivity index (χ1n) is 8.77. The number of aliphatic hydroxyl groups is 1. The van der Waals surface area contributed by atoms with E-state index in [2.05, 4.69) is 46.8 Å². The summed E-state index contributed by atoms with van der Waals surface area (Å²) in [6.07, 6.45) is 3.76. The van der Waals surface area contributed by atoms with Crippen LogP contribution in [0.5, 0.6) is 5.75 Å². The SMILES string of the molecule is CC1Cc2cc(-c3c(-c4ccccc4)ncn3CCCO)ccc2O1. The van der Waals surface area contributed by atoms with Crippen molar-refractivity contribution in [2.75, 3.05) is 6.61 Å². The number of ether oxygens (including phenoxy) is 1. The smallest absolute Gasteiger partial charge is 0.123 e. The second kappa shape index (κ2) is 6.73. The predicted octanol–water partition coefficient (Wildman–Crippen LogP) is 3.92. The Hall–Kier alpha value is -2.59. The zero-order chi connectivity index (χ0) is 17.2.